The Morgan fingerprint density at radius 2 is 1.24 bits per heavy atom. The van der Waals surface area contributed by atoms with Crippen LogP contribution in [-0.4, -0.2) is 40.3 Å². The summed E-state index contributed by atoms with van der Waals surface area (Å²) in [6.45, 7) is 12.3. The van der Waals surface area contributed by atoms with Crippen LogP contribution in [0.2, 0.25) is 0 Å². The molecule has 10 rings (SSSR count). The Bertz CT molecular complexity index is 3370. The lowest BCUT2D eigenvalue weighted by Crippen LogP contribution is -2.36. The fourth-order valence-corrected chi connectivity index (χ4v) is 12.6. The largest absolute Gasteiger partial charge is 0.480 e. The van der Waals surface area contributed by atoms with Gasteiger partial charge < -0.3 is 25.7 Å². The van der Waals surface area contributed by atoms with Gasteiger partial charge in [0.25, 0.3) is 5.91 Å². The molecule has 0 bridgehead atoms. The number of hydrogen-bond donors (Lipinski definition) is 3. The van der Waals surface area contributed by atoms with Crippen molar-refractivity contribution < 1.29 is 19.8 Å². The van der Waals surface area contributed by atoms with Crippen LogP contribution in [0.4, 0.5) is 22.7 Å². The maximum Gasteiger partial charge on any atom is 0.323 e. The predicted octanol–water partition coefficient (Wildman–Crippen LogP) is 14.4. The number of fused-ring (bicyclic) bond motifs is 5. The second-order valence-electron chi connectivity index (χ2n) is 18.5. The number of allylic oxidation sites excluding steroid dienone is 4. The highest BCUT2D eigenvalue weighted by molar-refractivity contribution is 7.25. The molecule has 1 amide bonds. The Balaban J connectivity index is 0.982. The predicted molar refractivity (Wildman–Crippen MR) is 279 cm³/mol. The second kappa shape index (κ2) is 16.7. The van der Waals surface area contributed by atoms with E-state index in [0.717, 1.165) is 58.0 Å². The summed E-state index contributed by atoms with van der Waals surface area (Å²) in [6.07, 6.45) is 4.41. The average molecular weight is 918 g/mol. The number of anilines is 4. The quantitative estimate of drug-likeness (QED) is 0.0881. The van der Waals surface area contributed by atoms with E-state index in [4.69, 9.17) is 5.73 Å². The van der Waals surface area contributed by atoms with Crippen LogP contribution in [0.25, 0.3) is 58.1 Å². The minimum Gasteiger partial charge on any atom is -0.480 e. The number of carbonyl (C=O) groups is 2. The molecule has 0 spiro atoms. The molecule has 0 unspecified atom stereocenters. The first kappa shape index (κ1) is 43.8. The highest BCUT2D eigenvalue weighted by Crippen LogP contribution is 2.53. The zero-order chi connectivity index (χ0) is 46.9. The van der Waals surface area contributed by atoms with Gasteiger partial charge in [-0.15, -0.1) is 22.7 Å². The summed E-state index contributed by atoms with van der Waals surface area (Å²) < 4.78 is 0. The zero-order valence-corrected chi connectivity index (χ0v) is 40.0. The number of aliphatic carboxylic acids is 1. The van der Waals surface area contributed by atoms with E-state index in [2.05, 4.69) is 168 Å². The molecule has 67 heavy (non-hydrogen) atoms. The molecule has 0 saturated heterocycles. The van der Waals surface area contributed by atoms with Gasteiger partial charge in [-0.3, -0.25) is 9.59 Å². The third-order valence-electron chi connectivity index (χ3n) is 13.8. The summed E-state index contributed by atoms with van der Waals surface area (Å²) in [5, 5.41) is 20.5. The van der Waals surface area contributed by atoms with Crippen LogP contribution >= 0.6 is 22.7 Å². The van der Waals surface area contributed by atoms with E-state index in [-0.39, 0.29) is 16.4 Å². The fourth-order valence-electron chi connectivity index (χ4n) is 10.4. The summed E-state index contributed by atoms with van der Waals surface area (Å²) in [5.74, 6) is -1.82. The van der Waals surface area contributed by atoms with Gasteiger partial charge in [-0.2, -0.15) is 0 Å². The number of benzene rings is 6. The van der Waals surface area contributed by atoms with Crippen molar-refractivity contribution in [2.45, 2.75) is 52.4 Å². The standard InChI is InChI=1S/C58H51N3O4S2/c1-7-11-45-34(2)39-22-20-37(30-47(39)57(45,3)4)61(38-21-23-41-40-12-8-9-15-46(40)58(5,6)48(41)31-38)36-18-16-35(17-19-36)50-26-28-52(66-50)53-29-27-51(67-53)42-24-25-49(59)55-43(42)13-10-14-44(55)56(65)60(33-62)32-54(63)64/h7-31,62H,32-33,59H2,1-6H3,(H,63,64). The van der Waals surface area contributed by atoms with E-state index in [1.54, 1.807) is 40.9 Å². The summed E-state index contributed by atoms with van der Waals surface area (Å²) in [7, 11) is 0. The number of hydrogen-bond acceptors (Lipinski definition) is 7. The third-order valence-corrected chi connectivity index (χ3v) is 16.2. The molecule has 4 N–H and O–H groups in total. The van der Waals surface area contributed by atoms with Gasteiger partial charge in [-0.25, -0.2) is 0 Å². The average Bonchev–Trinajstić information content (AvgIpc) is 4.11. The number of rotatable bonds is 11. The molecule has 2 heterocycles. The van der Waals surface area contributed by atoms with Crippen molar-refractivity contribution in [3.63, 3.8) is 0 Å². The Morgan fingerprint density at radius 1 is 0.642 bits per heavy atom. The number of carboxylic acid groups (broad SMARTS) is 1. The number of nitrogens with zero attached hydrogens (tertiary/aromatic N) is 2. The number of amides is 1. The molecule has 8 aromatic rings. The maximum atomic E-state index is 13.5. The SMILES string of the molecule is CC=CC1=C(C)c2ccc(N(c3ccc(-c4ccc(-c5ccc(-c6ccc(N)c7c(C(=O)N(CO)CC(=O)O)cccc67)s5)s4)cc3)c3ccc4c(c3)C(C)(C)c3ccccc3-4)cc2C1(C)C. The normalized spacial score (nSPS) is 14.4. The van der Waals surface area contributed by atoms with Crippen molar-refractivity contribution in [3.05, 3.63) is 185 Å². The van der Waals surface area contributed by atoms with Crippen LogP contribution in [0.3, 0.4) is 0 Å². The van der Waals surface area contributed by atoms with Gasteiger partial charge in [0, 0.05) is 64.0 Å². The van der Waals surface area contributed by atoms with E-state index in [0.29, 0.717) is 11.1 Å². The maximum absolute atomic E-state index is 13.5. The van der Waals surface area contributed by atoms with Crippen LogP contribution in [0.15, 0.2) is 157 Å². The molecule has 0 saturated carbocycles. The Kier molecular flexibility index (Phi) is 10.9. The van der Waals surface area contributed by atoms with Gasteiger partial charge >= 0.3 is 5.97 Å². The molecule has 0 atom stereocenters. The molecular formula is C58H51N3O4S2. The number of nitrogens with two attached hydrogens (primary N) is 1. The first-order chi connectivity index (χ1) is 32.2. The first-order valence-electron chi connectivity index (χ1n) is 22.5. The molecule has 9 heteroatoms. The lowest BCUT2D eigenvalue weighted by Gasteiger charge is -2.30. The van der Waals surface area contributed by atoms with Crippen LogP contribution < -0.4 is 10.6 Å². The number of nitrogen functional groups attached to an aromatic ring is 1. The second-order valence-corrected chi connectivity index (χ2v) is 20.6. The smallest absolute Gasteiger partial charge is 0.323 e. The van der Waals surface area contributed by atoms with Crippen molar-refractivity contribution >= 4 is 73.6 Å². The molecule has 2 aliphatic rings. The van der Waals surface area contributed by atoms with Crippen molar-refractivity contribution in [3.8, 4) is 41.8 Å². The van der Waals surface area contributed by atoms with E-state index in [1.165, 1.54) is 44.5 Å². The van der Waals surface area contributed by atoms with Gasteiger partial charge in [0.2, 0.25) is 0 Å². The third kappa shape index (κ3) is 7.29. The van der Waals surface area contributed by atoms with Crippen LogP contribution in [0.1, 0.15) is 74.2 Å². The molecule has 2 aliphatic carbocycles. The fraction of sp³-hybridized carbons (Fsp3) is 0.172. The van der Waals surface area contributed by atoms with E-state index >= 15 is 0 Å². The van der Waals surface area contributed by atoms with Crippen LogP contribution in [0.5, 0.6) is 0 Å². The van der Waals surface area contributed by atoms with Crippen LogP contribution in [-0.2, 0) is 15.6 Å². The molecule has 7 nitrogen and oxygen atoms in total. The van der Waals surface area contributed by atoms with Gasteiger partial charge in [0.15, 0.2) is 0 Å². The molecule has 6 aromatic carbocycles. The monoisotopic (exact) mass is 917 g/mol. The number of carboxylic acids is 1. The van der Waals surface area contributed by atoms with Crippen molar-refractivity contribution in [2.75, 3.05) is 23.9 Å². The molecular weight excluding hydrogens is 867 g/mol. The molecule has 334 valence electrons. The highest BCUT2D eigenvalue weighted by atomic mass is 32.1. The minimum absolute atomic E-state index is 0.138. The number of carbonyl (C=O) groups excluding carboxylic acids is 1. The molecule has 0 fully saturated rings. The number of thiophene rings is 2. The lowest BCUT2D eigenvalue weighted by atomic mass is 9.80. The van der Waals surface area contributed by atoms with Crippen molar-refractivity contribution in [2.24, 2.45) is 0 Å². The van der Waals surface area contributed by atoms with E-state index in [1.807, 2.05) is 12.1 Å². The molecule has 0 radical (unpaired) electrons. The zero-order valence-electron chi connectivity index (χ0n) is 38.3. The molecule has 0 aliphatic heterocycles. The number of aliphatic hydroxyl groups excluding tert-OH is 1. The molecule has 2 aromatic heterocycles. The summed E-state index contributed by atoms with van der Waals surface area (Å²) in [4.78, 5) is 32.6. The minimum atomic E-state index is -1.22. The highest BCUT2D eigenvalue weighted by Gasteiger charge is 2.37. The van der Waals surface area contributed by atoms with Gasteiger partial charge in [-0.05, 0) is 148 Å². The van der Waals surface area contributed by atoms with Gasteiger partial charge in [0.05, 0.1) is 0 Å². The Morgan fingerprint density at radius 3 is 1.93 bits per heavy atom. The Labute approximate surface area is 399 Å². The van der Waals surface area contributed by atoms with E-state index < -0.39 is 25.2 Å². The topological polar surface area (TPSA) is 107 Å². The van der Waals surface area contributed by atoms with E-state index in [9.17, 15) is 19.8 Å². The summed E-state index contributed by atoms with van der Waals surface area (Å²) >= 11 is 3.41. The van der Waals surface area contributed by atoms with Gasteiger partial charge in [-0.1, -0.05) is 107 Å². The Hall–Kier alpha value is -7.04. The van der Waals surface area contributed by atoms with Crippen molar-refractivity contribution in [1.82, 2.24) is 4.90 Å². The van der Waals surface area contributed by atoms with Gasteiger partial charge in [0.1, 0.15) is 13.3 Å². The first-order valence-corrected chi connectivity index (χ1v) is 24.1. The van der Waals surface area contributed by atoms with Crippen LogP contribution in [0, 0.1) is 0 Å². The number of aliphatic hydroxyl groups is 1. The lowest BCUT2D eigenvalue weighted by molar-refractivity contribution is -0.138. The summed E-state index contributed by atoms with van der Waals surface area (Å²) in [6, 6.07) is 49.3. The van der Waals surface area contributed by atoms with Crippen molar-refractivity contribution in [1.29, 1.82) is 0 Å². The summed E-state index contributed by atoms with van der Waals surface area (Å²) in [5.41, 5.74) is 22.8.